The molecule has 14 aromatic rings. The van der Waals surface area contributed by atoms with Crippen LogP contribution in [-0.2, 0) is 0 Å². The van der Waals surface area contributed by atoms with E-state index in [9.17, 15) is 0 Å². The Morgan fingerprint density at radius 2 is 0.831 bits per heavy atom. The normalized spacial score (nSPS) is 12.0. The predicted octanol–water partition coefficient (Wildman–Crippen LogP) is 15.3. The Kier molecular flexibility index (Phi) is 7.59. The van der Waals surface area contributed by atoms with E-state index in [4.69, 9.17) is 19.4 Å². The zero-order chi connectivity index (χ0) is 42.6. The van der Waals surface area contributed by atoms with Crippen molar-refractivity contribution >= 4 is 87.1 Å². The fraction of sp³-hybridized carbons (Fsp3) is 0. The van der Waals surface area contributed by atoms with E-state index in [2.05, 4.69) is 203 Å². The van der Waals surface area contributed by atoms with Gasteiger partial charge in [-0.3, -0.25) is 0 Å². The highest BCUT2D eigenvalue weighted by Crippen LogP contribution is 2.41. The molecular formula is C59H35N5O. The third-order valence-electron chi connectivity index (χ3n) is 13.1. The number of para-hydroxylation sites is 3. The van der Waals surface area contributed by atoms with Gasteiger partial charge in [-0.05, 0) is 106 Å². The Morgan fingerprint density at radius 3 is 1.57 bits per heavy atom. The van der Waals surface area contributed by atoms with Crippen molar-refractivity contribution in [1.82, 2.24) is 24.1 Å². The van der Waals surface area contributed by atoms with Gasteiger partial charge in [0.2, 0.25) is 0 Å². The van der Waals surface area contributed by atoms with E-state index in [-0.39, 0.29) is 0 Å². The molecule has 0 atom stereocenters. The minimum Gasteiger partial charge on any atom is -0.456 e. The lowest BCUT2D eigenvalue weighted by Crippen LogP contribution is -2.00. The van der Waals surface area contributed by atoms with Crippen LogP contribution in [0.3, 0.4) is 0 Å². The fourth-order valence-corrected chi connectivity index (χ4v) is 10.1. The van der Waals surface area contributed by atoms with Crippen molar-refractivity contribution in [3.8, 4) is 45.5 Å². The van der Waals surface area contributed by atoms with Gasteiger partial charge in [0.05, 0.1) is 22.1 Å². The molecule has 302 valence electrons. The quantitative estimate of drug-likeness (QED) is 0.173. The molecule has 10 aromatic carbocycles. The van der Waals surface area contributed by atoms with Crippen LogP contribution in [0.25, 0.3) is 133 Å². The third-order valence-corrected chi connectivity index (χ3v) is 13.1. The number of hydrogen-bond donors (Lipinski definition) is 0. The van der Waals surface area contributed by atoms with Crippen molar-refractivity contribution < 1.29 is 4.42 Å². The number of hydrogen-bond acceptors (Lipinski definition) is 4. The lowest BCUT2D eigenvalue weighted by molar-refractivity contribution is 0.669. The number of furan rings is 1. The SMILES string of the molecule is c1ccc(-c2nc(-c3ccc4ccc5oc6ccc(-n7c8ccccc8c8cc9ccccc9cc87)cc6c5c4c3)nc(-c3ccc4c(c3)c3ccccc3n4-c3ccccc3)n2)cc1. The van der Waals surface area contributed by atoms with Gasteiger partial charge in [0.25, 0.3) is 0 Å². The van der Waals surface area contributed by atoms with E-state index in [0.29, 0.717) is 17.5 Å². The largest absolute Gasteiger partial charge is 0.456 e. The van der Waals surface area contributed by atoms with Crippen LogP contribution < -0.4 is 0 Å². The summed E-state index contributed by atoms with van der Waals surface area (Å²) in [5.74, 6) is 1.83. The molecule has 0 fully saturated rings. The van der Waals surface area contributed by atoms with Crippen LogP contribution in [0.1, 0.15) is 0 Å². The summed E-state index contributed by atoms with van der Waals surface area (Å²) in [4.78, 5) is 15.6. The molecule has 0 aliphatic carbocycles. The Labute approximate surface area is 371 Å². The molecular weight excluding hydrogens is 795 g/mol. The predicted molar refractivity (Wildman–Crippen MR) is 267 cm³/mol. The summed E-state index contributed by atoms with van der Waals surface area (Å²) < 4.78 is 11.3. The second-order valence-corrected chi connectivity index (χ2v) is 16.8. The Hall–Kier alpha value is -8.87. The molecule has 65 heavy (non-hydrogen) atoms. The van der Waals surface area contributed by atoms with Gasteiger partial charge in [-0.2, -0.15) is 0 Å². The van der Waals surface area contributed by atoms with Crippen LogP contribution in [0.2, 0.25) is 0 Å². The van der Waals surface area contributed by atoms with E-state index < -0.39 is 0 Å². The number of benzene rings is 10. The minimum absolute atomic E-state index is 0.602. The van der Waals surface area contributed by atoms with E-state index in [1.54, 1.807) is 0 Å². The molecule has 4 aromatic heterocycles. The van der Waals surface area contributed by atoms with Crippen molar-refractivity contribution in [2.75, 3.05) is 0 Å². The number of aromatic nitrogens is 5. The number of nitrogens with zero attached hydrogens (tertiary/aromatic N) is 5. The lowest BCUT2D eigenvalue weighted by atomic mass is 10.0. The van der Waals surface area contributed by atoms with Gasteiger partial charge in [-0.1, -0.05) is 127 Å². The highest BCUT2D eigenvalue weighted by molar-refractivity contribution is 6.20. The maximum Gasteiger partial charge on any atom is 0.164 e. The van der Waals surface area contributed by atoms with Gasteiger partial charge in [0, 0.05) is 60.4 Å². The summed E-state index contributed by atoms with van der Waals surface area (Å²) in [7, 11) is 0. The average molecular weight is 830 g/mol. The van der Waals surface area contributed by atoms with E-state index in [1.165, 1.54) is 32.4 Å². The molecule has 4 heterocycles. The van der Waals surface area contributed by atoms with Crippen molar-refractivity contribution in [2.45, 2.75) is 0 Å². The van der Waals surface area contributed by atoms with E-state index in [1.807, 2.05) is 18.2 Å². The monoisotopic (exact) mass is 829 g/mol. The van der Waals surface area contributed by atoms with E-state index >= 15 is 0 Å². The average Bonchev–Trinajstić information content (AvgIpc) is 4.03. The molecule has 0 radical (unpaired) electrons. The van der Waals surface area contributed by atoms with Crippen molar-refractivity contribution in [3.63, 3.8) is 0 Å². The Bertz CT molecular complexity index is 4240. The smallest absolute Gasteiger partial charge is 0.164 e. The summed E-state index contributed by atoms with van der Waals surface area (Å²) in [6.45, 7) is 0. The van der Waals surface area contributed by atoms with Crippen molar-refractivity contribution in [3.05, 3.63) is 212 Å². The summed E-state index contributed by atoms with van der Waals surface area (Å²) in [6.07, 6.45) is 0. The van der Waals surface area contributed by atoms with Crippen molar-refractivity contribution in [2.24, 2.45) is 0 Å². The molecule has 0 saturated heterocycles. The van der Waals surface area contributed by atoms with Crippen LogP contribution in [0.4, 0.5) is 0 Å². The van der Waals surface area contributed by atoms with Crippen LogP contribution >= 0.6 is 0 Å². The summed E-state index contributed by atoms with van der Waals surface area (Å²) in [6, 6.07) is 75.0. The molecule has 6 heteroatoms. The first-order valence-corrected chi connectivity index (χ1v) is 21.9. The number of fused-ring (bicyclic) bond motifs is 12. The maximum atomic E-state index is 6.61. The summed E-state index contributed by atoms with van der Waals surface area (Å²) >= 11 is 0. The Morgan fingerprint density at radius 1 is 0.292 bits per heavy atom. The van der Waals surface area contributed by atoms with Crippen LogP contribution in [0.15, 0.2) is 217 Å². The molecule has 0 bridgehead atoms. The molecule has 6 nitrogen and oxygen atoms in total. The molecule has 0 saturated carbocycles. The molecule has 0 spiro atoms. The maximum absolute atomic E-state index is 6.61. The minimum atomic E-state index is 0.602. The van der Waals surface area contributed by atoms with Gasteiger partial charge in [-0.25, -0.2) is 15.0 Å². The van der Waals surface area contributed by atoms with E-state index in [0.717, 1.165) is 82.7 Å². The molecule has 0 unspecified atom stereocenters. The number of rotatable bonds is 5. The fourth-order valence-electron chi connectivity index (χ4n) is 10.1. The van der Waals surface area contributed by atoms with Crippen LogP contribution in [0.5, 0.6) is 0 Å². The lowest BCUT2D eigenvalue weighted by Gasteiger charge is -2.10. The first-order valence-electron chi connectivity index (χ1n) is 21.9. The second-order valence-electron chi connectivity index (χ2n) is 16.8. The van der Waals surface area contributed by atoms with Gasteiger partial charge in [0.15, 0.2) is 17.5 Å². The molecule has 0 aliphatic heterocycles. The topological polar surface area (TPSA) is 61.7 Å². The molecule has 0 aliphatic rings. The molecule has 14 rings (SSSR count). The zero-order valence-electron chi connectivity index (χ0n) is 34.9. The highest BCUT2D eigenvalue weighted by atomic mass is 16.3. The Balaban J connectivity index is 0.959. The van der Waals surface area contributed by atoms with Gasteiger partial charge < -0.3 is 13.6 Å². The van der Waals surface area contributed by atoms with Crippen molar-refractivity contribution in [1.29, 1.82) is 0 Å². The highest BCUT2D eigenvalue weighted by Gasteiger charge is 2.20. The second kappa shape index (κ2) is 13.8. The summed E-state index contributed by atoms with van der Waals surface area (Å²) in [5.41, 5.74) is 11.2. The van der Waals surface area contributed by atoms with Crippen LogP contribution in [-0.4, -0.2) is 24.1 Å². The zero-order valence-corrected chi connectivity index (χ0v) is 34.9. The third kappa shape index (κ3) is 5.51. The standard InChI is InChI=1S/C59H35N5O/c1-3-13-37(14-4-1)57-60-58(62-59(61-57)41-25-28-52-47(33-41)44-19-9-11-21-50(44)63(52)42-17-5-2-6-18-42)40-24-23-36-26-29-55-56(46(36)32-40)49-35-43(27-30-54(49)65-55)64-51-22-12-10-20-45(51)48-31-38-15-7-8-16-39(38)34-53(48)64/h1-35H. The first kappa shape index (κ1) is 35.7. The molecule has 0 amide bonds. The first-order chi connectivity index (χ1) is 32.2. The van der Waals surface area contributed by atoms with Gasteiger partial charge >= 0.3 is 0 Å². The van der Waals surface area contributed by atoms with Crippen LogP contribution in [0, 0.1) is 0 Å². The van der Waals surface area contributed by atoms with Gasteiger partial charge in [0.1, 0.15) is 11.2 Å². The summed E-state index contributed by atoms with van der Waals surface area (Å²) in [5, 5.41) is 11.5. The molecule has 0 N–H and O–H groups in total. The van der Waals surface area contributed by atoms with Gasteiger partial charge in [-0.15, -0.1) is 0 Å².